The van der Waals surface area contributed by atoms with E-state index >= 15 is 0 Å². The lowest BCUT2D eigenvalue weighted by Gasteiger charge is -2.22. The van der Waals surface area contributed by atoms with Crippen LogP contribution in [0.5, 0.6) is 0 Å². The van der Waals surface area contributed by atoms with Crippen molar-refractivity contribution < 1.29 is 18.3 Å². The molecule has 24 heavy (non-hydrogen) atoms. The van der Waals surface area contributed by atoms with Crippen LogP contribution in [0.4, 0.5) is 0 Å². The Labute approximate surface area is 145 Å². The second kappa shape index (κ2) is 7.02. The summed E-state index contributed by atoms with van der Waals surface area (Å²) in [6, 6.07) is 9.32. The Hall–Kier alpha value is -1.74. The van der Waals surface area contributed by atoms with Gasteiger partial charge < -0.3 is 10.4 Å². The fourth-order valence-electron chi connectivity index (χ4n) is 2.02. The number of aliphatic hydroxyl groups is 1. The van der Waals surface area contributed by atoms with Gasteiger partial charge in [0.05, 0.1) is 11.4 Å². The van der Waals surface area contributed by atoms with Crippen molar-refractivity contribution in [2.75, 3.05) is 20.6 Å². The van der Waals surface area contributed by atoms with Crippen LogP contribution < -0.4 is 5.32 Å². The van der Waals surface area contributed by atoms with Crippen molar-refractivity contribution in [3.63, 3.8) is 0 Å². The fraction of sp³-hybridized carbons (Fsp3) is 0.312. The summed E-state index contributed by atoms with van der Waals surface area (Å²) >= 11 is 1.41. The predicted octanol–water partition coefficient (Wildman–Crippen LogP) is 1.64. The molecule has 1 heterocycles. The number of rotatable bonds is 6. The van der Waals surface area contributed by atoms with Crippen LogP contribution in [-0.2, 0) is 15.6 Å². The molecule has 2 N–H and O–H groups in total. The van der Waals surface area contributed by atoms with E-state index in [0.717, 1.165) is 9.18 Å². The third-order valence-electron chi connectivity index (χ3n) is 3.54. The Morgan fingerprint density at radius 3 is 2.38 bits per heavy atom. The van der Waals surface area contributed by atoms with Crippen molar-refractivity contribution in [3.8, 4) is 0 Å². The fourth-order valence-corrected chi connectivity index (χ4v) is 3.70. The zero-order chi connectivity index (χ0) is 18.0. The highest BCUT2D eigenvalue weighted by Gasteiger charge is 2.25. The van der Waals surface area contributed by atoms with E-state index in [0.29, 0.717) is 5.56 Å². The van der Waals surface area contributed by atoms with Gasteiger partial charge in [0.1, 0.15) is 5.60 Å². The highest BCUT2D eigenvalue weighted by molar-refractivity contribution is 7.89. The van der Waals surface area contributed by atoms with Gasteiger partial charge in [-0.3, -0.25) is 4.79 Å². The molecule has 0 bridgehead atoms. The van der Waals surface area contributed by atoms with Gasteiger partial charge >= 0.3 is 0 Å². The van der Waals surface area contributed by atoms with Gasteiger partial charge in [-0.25, -0.2) is 12.7 Å². The van der Waals surface area contributed by atoms with E-state index in [4.69, 9.17) is 0 Å². The van der Waals surface area contributed by atoms with Crippen molar-refractivity contribution in [2.45, 2.75) is 17.4 Å². The molecule has 0 saturated heterocycles. The van der Waals surface area contributed by atoms with Gasteiger partial charge in [0.25, 0.3) is 5.91 Å². The Balaban J connectivity index is 2.06. The van der Waals surface area contributed by atoms with E-state index in [1.54, 1.807) is 13.0 Å². The topological polar surface area (TPSA) is 86.7 Å². The van der Waals surface area contributed by atoms with Crippen molar-refractivity contribution in [1.29, 1.82) is 0 Å². The first kappa shape index (κ1) is 18.6. The zero-order valence-corrected chi connectivity index (χ0v) is 15.3. The standard InChI is InChI=1S/C16H20N2O4S2/c1-16(20,14-5-4-10-23-14)11-17-15(19)12-6-8-13(9-7-12)24(21,22)18(2)3/h4-10,20H,11H2,1-3H3,(H,17,19)/t16-/m0/s1. The number of sulfonamides is 1. The highest BCUT2D eigenvalue weighted by atomic mass is 32.2. The molecule has 0 spiro atoms. The number of carbonyl (C=O) groups is 1. The lowest BCUT2D eigenvalue weighted by Crippen LogP contribution is -2.38. The summed E-state index contributed by atoms with van der Waals surface area (Å²) in [6.07, 6.45) is 0. The zero-order valence-electron chi connectivity index (χ0n) is 13.7. The van der Waals surface area contributed by atoms with Crippen LogP contribution in [0.1, 0.15) is 22.2 Å². The van der Waals surface area contributed by atoms with Crippen molar-refractivity contribution in [2.24, 2.45) is 0 Å². The van der Waals surface area contributed by atoms with Gasteiger partial charge in [0.2, 0.25) is 10.0 Å². The Morgan fingerprint density at radius 1 is 1.25 bits per heavy atom. The number of hydrogen-bond acceptors (Lipinski definition) is 5. The quantitative estimate of drug-likeness (QED) is 0.811. The maximum atomic E-state index is 12.2. The number of thiophene rings is 1. The summed E-state index contributed by atoms with van der Waals surface area (Å²) in [5, 5.41) is 14.9. The largest absolute Gasteiger partial charge is 0.383 e. The van der Waals surface area contributed by atoms with E-state index in [9.17, 15) is 18.3 Å². The number of carbonyl (C=O) groups excluding carboxylic acids is 1. The Bertz CT molecular complexity index is 795. The summed E-state index contributed by atoms with van der Waals surface area (Å²) in [6.45, 7) is 1.69. The van der Waals surface area contributed by atoms with Crippen LogP contribution in [0.25, 0.3) is 0 Å². The van der Waals surface area contributed by atoms with Gasteiger partial charge in [0.15, 0.2) is 0 Å². The third kappa shape index (κ3) is 4.02. The van der Waals surface area contributed by atoms with Gasteiger partial charge in [-0.1, -0.05) is 6.07 Å². The first-order valence-corrected chi connectivity index (χ1v) is 9.54. The molecule has 1 aromatic carbocycles. The second-order valence-electron chi connectivity index (χ2n) is 5.75. The van der Waals surface area contributed by atoms with Gasteiger partial charge in [-0.15, -0.1) is 11.3 Å². The van der Waals surface area contributed by atoms with Crippen LogP contribution >= 0.6 is 11.3 Å². The Morgan fingerprint density at radius 2 is 1.88 bits per heavy atom. The molecule has 0 aliphatic carbocycles. The summed E-state index contributed by atoms with van der Waals surface area (Å²) in [5.74, 6) is -0.374. The van der Waals surface area contributed by atoms with Crippen LogP contribution in [0.15, 0.2) is 46.7 Å². The Kier molecular flexibility index (Phi) is 5.44. The summed E-state index contributed by atoms with van der Waals surface area (Å²) in [7, 11) is -0.627. The van der Waals surface area contributed by atoms with E-state index in [1.165, 1.54) is 49.7 Å². The number of nitrogens with one attached hydrogen (secondary N) is 1. The maximum Gasteiger partial charge on any atom is 0.251 e. The molecule has 1 atom stereocenters. The molecule has 0 saturated carbocycles. The molecular formula is C16H20N2O4S2. The van der Waals surface area contributed by atoms with Gasteiger partial charge in [0, 0.05) is 24.5 Å². The first-order valence-electron chi connectivity index (χ1n) is 7.22. The SMILES string of the molecule is CN(C)S(=O)(=O)c1ccc(C(=O)NC[C@](C)(O)c2cccs2)cc1. The number of nitrogens with zero attached hydrogens (tertiary/aromatic N) is 1. The summed E-state index contributed by atoms with van der Waals surface area (Å²) in [5.41, 5.74) is -0.826. The second-order valence-corrected chi connectivity index (χ2v) is 8.85. The molecule has 6 nitrogen and oxygen atoms in total. The van der Waals surface area contributed by atoms with Crippen molar-refractivity contribution in [1.82, 2.24) is 9.62 Å². The van der Waals surface area contributed by atoms with Crippen LogP contribution in [0.2, 0.25) is 0 Å². The normalized spacial score (nSPS) is 14.4. The van der Waals surface area contributed by atoms with E-state index in [2.05, 4.69) is 5.32 Å². The first-order chi connectivity index (χ1) is 11.1. The van der Waals surface area contributed by atoms with Crippen molar-refractivity contribution in [3.05, 3.63) is 52.2 Å². The molecule has 0 aliphatic heterocycles. The molecule has 0 radical (unpaired) electrons. The molecular weight excluding hydrogens is 348 g/mol. The molecule has 130 valence electrons. The summed E-state index contributed by atoms with van der Waals surface area (Å²) < 4.78 is 25.1. The minimum Gasteiger partial charge on any atom is -0.383 e. The summed E-state index contributed by atoms with van der Waals surface area (Å²) in [4.78, 5) is 13.1. The van der Waals surface area contributed by atoms with E-state index in [1.807, 2.05) is 11.4 Å². The molecule has 2 rings (SSSR count). The molecule has 8 heteroatoms. The highest BCUT2D eigenvalue weighted by Crippen LogP contribution is 2.24. The average Bonchev–Trinajstić information content (AvgIpc) is 3.08. The molecule has 1 amide bonds. The van der Waals surface area contributed by atoms with Crippen LogP contribution in [0, 0.1) is 0 Å². The van der Waals surface area contributed by atoms with Crippen molar-refractivity contribution >= 4 is 27.3 Å². The third-order valence-corrected chi connectivity index (χ3v) is 6.49. The number of benzene rings is 1. The van der Waals surface area contributed by atoms with Crippen LogP contribution in [-0.4, -0.2) is 44.4 Å². The van der Waals surface area contributed by atoms with Gasteiger partial charge in [-0.2, -0.15) is 0 Å². The average molecular weight is 368 g/mol. The van der Waals surface area contributed by atoms with E-state index < -0.39 is 15.6 Å². The van der Waals surface area contributed by atoms with Gasteiger partial charge in [-0.05, 0) is 42.6 Å². The minimum atomic E-state index is -3.52. The van der Waals surface area contributed by atoms with E-state index in [-0.39, 0.29) is 17.3 Å². The number of amides is 1. The molecule has 0 aliphatic rings. The lowest BCUT2D eigenvalue weighted by atomic mass is 10.1. The van der Waals surface area contributed by atoms with Crippen LogP contribution in [0.3, 0.4) is 0 Å². The molecule has 2 aromatic rings. The smallest absolute Gasteiger partial charge is 0.251 e. The predicted molar refractivity (Wildman–Crippen MR) is 93.5 cm³/mol. The molecule has 0 fully saturated rings. The maximum absolute atomic E-state index is 12.2. The molecule has 1 aromatic heterocycles. The minimum absolute atomic E-state index is 0.0596. The monoisotopic (exact) mass is 368 g/mol. The number of hydrogen-bond donors (Lipinski definition) is 2. The molecule has 0 unspecified atom stereocenters. The lowest BCUT2D eigenvalue weighted by molar-refractivity contribution is 0.0557.